The Balaban J connectivity index is 1.65. The topological polar surface area (TPSA) is 84.7 Å². The third kappa shape index (κ3) is 3.26. The van der Waals surface area contributed by atoms with Crippen molar-refractivity contribution in [2.75, 3.05) is 12.0 Å². The number of ether oxygens (including phenoxy) is 1. The van der Waals surface area contributed by atoms with Crippen LogP contribution in [0.1, 0.15) is 32.0 Å². The van der Waals surface area contributed by atoms with E-state index in [0.717, 1.165) is 5.56 Å². The first-order valence-electron chi connectivity index (χ1n) is 10.1. The predicted molar refractivity (Wildman–Crippen MR) is 117 cm³/mol. The fourth-order valence-electron chi connectivity index (χ4n) is 4.25. The van der Waals surface area contributed by atoms with Gasteiger partial charge in [-0.2, -0.15) is 18.3 Å². The fraction of sp³-hybridized carbons (Fsp3) is 0.125. The van der Waals surface area contributed by atoms with Crippen molar-refractivity contribution in [2.24, 2.45) is 0 Å². The molecule has 1 aliphatic heterocycles. The number of methoxy groups -OCH3 is 1. The van der Waals surface area contributed by atoms with Gasteiger partial charge in [-0.3, -0.25) is 4.79 Å². The van der Waals surface area contributed by atoms with Gasteiger partial charge in [0.1, 0.15) is 11.3 Å². The second-order valence-electron chi connectivity index (χ2n) is 7.69. The quantitative estimate of drug-likeness (QED) is 0.451. The van der Waals surface area contributed by atoms with Crippen LogP contribution in [0.2, 0.25) is 0 Å². The smallest absolute Gasteiger partial charge is 0.434 e. The number of amides is 1. The summed E-state index contributed by atoms with van der Waals surface area (Å²) >= 11 is 0. The van der Waals surface area contributed by atoms with E-state index in [-0.39, 0.29) is 18.1 Å². The molecule has 0 atom stereocenters. The molecule has 0 aliphatic carbocycles. The van der Waals surface area contributed by atoms with E-state index in [1.54, 1.807) is 48.4 Å². The van der Waals surface area contributed by atoms with E-state index >= 15 is 0 Å². The van der Waals surface area contributed by atoms with Gasteiger partial charge in [0, 0.05) is 16.3 Å². The molecular formula is C24H16F3N3O4. The van der Waals surface area contributed by atoms with Crippen LogP contribution in [-0.2, 0) is 12.7 Å². The van der Waals surface area contributed by atoms with Gasteiger partial charge in [-0.1, -0.05) is 24.3 Å². The number of carbonyl (C=O) groups is 2. The Morgan fingerprint density at radius 3 is 2.41 bits per heavy atom. The van der Waals surface area contributed by atoms with E-state index in [4.69, 9.17) is 4.74 Å². The second kappa shape index (κ2) is 7.62. The number of anilines is 1. The van der Waals surface area contributed by atoms with E-state index in [1.807, 2.05) is 12.1 Å². The highest BCUT2D eigenvalue weighted by Gasteiger charge is 2.41. The maximum absolute atomic E-state index is 13.8. The molecule has 1 aliphatic rings. The molecule has 0 unspecified atom stereocenters. The first-order chi connectivity index (χ1) is 16.2. The minimum atomic E-state index is -4.96. The molecular weight excluding hydrogens is 451 g/mol. The lowest BCUT2D eigenvalue weighted by atomic mass is 10.0. The number of rotatable bonds is 5. The number of benzene rings is 3. The van der Waals surface area contributed by atoms with E-state index in [9.17, 15) is 27.9 Å². The number of alkyl halides is 3. The van der Waals surface area contributed by atoms with Crippen molar-refractivity contribution < 1.29 is 32.6 Å². The van der Waals surface area contributed by atoms with Crippen LogP contribution in [0.25, 0.3) is 16.5 Å². The molecule has 5 rings (SSSR count). The summed E-state index contributed by atoms with van der Waals surface area (Å²) in [4.78, 5) is 26.1. The zero-order valence-electron chi connectivity index (χ0n) is 17.6. The van der Waals surface area contributed by atoms with Gasteiger partial charge in [0.2, 0.25) is 0 Å². The summed E-state index contributed by atoms with van der Waals surface area (Å²) in [6.07, 6.45) is -4.28. The molecule has 2 heterocycles. The summed E-state index contributed by atoms with van der Waals surface area (Å²) in [6, 6.07) is 14.9. The highest BCUT2D eigenvalue weighted by molar-refractivity contribution is 6.26. The number of hydrogen-bond donors (Lipinski definition) is 1. The van der Waals surface area contributed by atoms with Crippen LogP contribution in [-0.4, -0.2) is 33.9 Å². The van der Waals surface area contributed by atoms with Gasteiger partial charge < -0.3 is 14.7 Å². The molecule has 1 amide bonds. The molecule has 1 aromatic heterocycles. The highest BCUT2D eigenvalue weighted by atomic mass is 19.4. The van der Waals surface area contributed by atoms with Crippen molar-refractivity contribution in [3.63, 3.8) is 0 Å². The standard InChI is InChI=1S/C24H16F3N3O4/c1-34-14-7-5-13(6-8-14)12-29-19-10-9-18(15-3-2-4-16(20(15)19)22(29)31)30-21(24(25,26)27)17(11-28-30)23(32)33/h2-11H,12H2,1H3,(H,32,33). The zero-order valence-corrected chi connectivity index (χ0v) is 17.6. The zero-order chi connectivity index (χ0) is 24.2. The summed E-state index contributed by atoms with van der Waals surface area (Å²) in [7, 11) is 1.55. The van der Waals surface area contributed by atoms with Crippen LogP contribution in [0.15, 0.2) is 60.8 Å². The van der Waals surface area contributed by atoms with E-state index < -0.39 is 23.4 Å². The molecule has 0 radical (unpaired) electrons. The summed E-state index contributed by atoms with van der Waals surface area (Å²) in [5.74, 6) is -1.34. The van der Waals surface area contributed by atoms with Gasteiger partial charge in [-0.05, 0) is 35.9 Å². The predicted octanol–water partition coefficient (Wildman–Crippen LogP) is 4.91. The Labute approximate surface area is 190 Å². The van der Waals surface area contributed by atoms with Crippen molar-refractivity contribution >= 4 is 28.3 Å². The van der Waals surface area contributed by atoms with Crippen LogP contribution in [0.5, 0.6) is 5.75 Å². The number of hydrogen-bond acceptors (Lipinski definition) is 4. The van der Waals surface area contributed by atoms with Crippen molar-refractivity contribution in [3.05, 3.63) is 83.2 Å². The van der Waals surface area contributed by atoms with Crippen LogP contribution in [0.4, 0.5) is 18.9 Å². The van der Waals surface area contributed by atoms with Crippen LogP contribution < -0.4 is 9.64 Å². The Kier molecular flexibility index (Phi) is 4.82. The molecule has 7 nitrogen and oxygen atoms in total. The van der Waals surface area contributed by atoms with Crippen molar-refractivity contribution in [3.8, 4) is 11.4 Å². The van der Waals surface area contributed by atoms with Crippen molar-refractivity contribution in [1.82, 2.24) is 9.78 Å². The van der Waals surface area contributed by atoms with E-state index in [1.165, 1.54) is 6.07 Å². The number of carboxylic acid groups (broad SMARTS) is 1. The first-order valence-corrected chi connectivity index (χ1v) is 10.1. The lowest BCUT2D eigenvalue weighted by molar-refractivity contribution is -0.143. The molecule has 0 saturated heterocycles. The number of aromatic nitrogens is 2. The molecule has 0 bridgehead atoms. The largest absolute Gasteiger partial charge is 0.497 e. The molecule has 0 spiro atoms. The molecule has 3 aromatic carbocycles. The Bertz CT molecular complexity index is 1460. The number of carboxylic acids is 1. The molecule has 4 aromatic rings. The normalized spacial score (nSPS) is 13.1. The highest BCUT2D eigenvalue weighted by Crippen LogP contribution is 2.42. The number of halogens is 3. The van der Waals surface area contributed by atoms with E-state index in [0.29, 0.717) is 38.7 Å². The maximum atomic E-state index is 13.8. The van der Waals surface area contributed by atoms with Gasteiger partial charge in [0.25, 0.3) is 5.91 Å². The van der Waals surface area contributed by atoms with Gasteiger partial charge in [0.15, 0.2) is 5.69 Å². The van der Waals surface area contributed by atoms with Gasteiger partial charge >= 0.3 is 12.1 Å². The molecule has 172 valence electrons. The van der Waals surface area contributed by atoms with Crippen LogP contribution in [0, 0.1) is 0 Å². The lowest BCUT2D eigenvalue weighted by Crippen LogP contribution is -2.26. The minimum Gasteiger partial charge on any atom is -0.497 e. The van der Waals surface area contributed by atoms with E-state index in [2.05, 4.69) is 5.10 Å². The number of carbonyl (C=O) groups excluding carboxylic acids is 1. The third-order valence-electron chi connectivity index (χ3n) is 5.76. The Hall–Kier alpha value is -4.34. The number of nitrogens with zero attached hydrogens (tertiary/aromatic N) is 3. The Morgan fingerprint density at radius 1 is 1.06 bits per heavy atom. The van der Waals surface area contributed by atoms with Gasteiger partial charge in [-0.25, -0.2) is 9.48 Å². The summed E-state index contributed by atoms with van der Waals surface area (Å²) in [6.45, 7) is 0.255. The number of aromatic carboxylic acids is 1. The lowest BCUT2D eigenvalue weighted by Gasteiger charge is -2.19. The summed E-state index contributed by atoms with van der Waals surface area (Å²) < 4.78 is 47.1. The first kappa shape index (κ1) is 21.5. The van der Waals surface area contributed by atoms with Crippen LogP contribution in [0.3, 0.4) is 0 Å². The molecule has 0 fully saturated rings. The van der Waals surface area contributed by atoms with Gasteiger partial charge in [-0.15, -0.1) is 0 Å². The minimum absolute atomic E-state index is 0.0273. The SMILES string of the molecule is COc1ccc(CN2C(=O)c3cccc4c(-n5ncc(C(=O)O)c5C(F)(F)F)ccc2c34)cc1. The third-order valence-corrected chi connectivity index (χ3v) is 5.76. The summed E-state index contributed by atoms with van der Waals surface area (Å²) in [5.41, 5.74) is -0.569. The molecule has 10 heteroatoms. The molecule has 0 saturated carbocycles. The van der Waals surface area contributed by atoms with Crippen LogP contribution >= 0.6 is 0 Å². The summed E-state index contributed by atoms with van der Waals surface area (Å²) in [5, 5.41) is 13.8. The van der Waals surface area contributed by atoms with Crippen molar-refractivity contribution in [1.29, 1.82) is 0 Å². The monoisotopic (exact) mass is 467 g/mol. The maximum Gasteiger partial charge on any atom is 0.434 e. The average Bonchev–Trinajstić information content (AvgIpc) is 3.37. The second-order valence-corrected chi connectivity index (χ2v) is 7.69. The average molecular weight is 467 g/mol. The molecule has 1 N–H and O–H groups in total. The molecule has 34 heavy (non-hydrogen) atoms. The van der Waals surface area contributed by atoms with Gasteiger partial charge in [0.05, 0.1) is 31.2 Å². The van der Waals surface area contributed by atoms with Crippen molar-refractivity contribution in [2.45, 2.75) is 12.7 Å². The fourth-order valence-corrected chi connectivity index (χ4v) is 4.25. The Morgan fingerprint density at radius 2 is 1.76 bits per heavy atom.